The summed E-state index contributed by atoms with van der Waals surface area (Å²) in [6.07, 6.45) is 9.52. The molecule has 2 rings (SSSR count). The van der Waals surface area contributed by atoms with E-state index in [9.17, 15) is 0 Å². The molecule has 1 fully saturated rings. The average molecular weight is 223 g/mol. The monoisotopic (exact) mass is 223 g/mol. The SMILES string of the molecule is CC1CCC(N[C@@H]2C=C[C@H](CO)C2)C(C)C1. The quantitative estimate of drug-likeness (QED) is 0.720. The van der Waals surface area contributed by atoms with Gasteiger partial charge < -0.3 is 10.4 Å². The Morgan fingerprint density at radius 2 is 2.00 bits per heavy atom. The highest BCUT2D eigenvalue weighted by Gasteiger charge is 2.28. The van der Waals surface area contributed by atoms with Crippen molar-refractivity contribution >= 4 is 0 Å². The summed E-state index contributed by atoms with van der Waals surface area (Å²) in [5.41, 5.74) is 0. The van der Waals surface area contributed by atoms with E-state index in [2.05, 4.69) is 31.3 Å². The van der Waals surface area contributed by atoms with E-state index in [1.54, 1.807) is 0 Å². The van der Waals surface area contributed by atoms with Gasteiger partial charge in [-0.2, -0.15) is 0 Å². The van der Waals surface area contributed by atoms with E-state index in [0.717, 1.165) is 18.3 Å². The Hall–Kier alpha value is -0.340. The summed E-state index contributed by atoms with van der Waals surface area (Å²) in [6.45, 7) is 5.03. The van der Waals surface area contributed by atoms with E-state index in [0.29, 0.717) is 24.6 Å². The largest absolute Gasteiger partial charge is 0.396 e. The van der Waals surface area contributed by atoms with Gasteiger partial charge >= 0.3 is 0 Å². The first-order valence-electron chi connectivity index (χ1n) is 6.74. The van der Waals surface area contributed by atoms with E-state index < -0.39 is 0 Å². The first-order chi connectivity index (χ1) is 7.69. The highest BCUT2D eigenvalue weighted by molar-refractivity contribution is 5.06. The van der Waals surface area contributed by atoms with E-state index in [1.165, 1.54) is 19.3 Å². The Labute approximate surface area is 99.1 Å². The molecule has 16 heavy (non-hydrogen) atoms. The normalized spacial score (nSPS) is 43.8. The molecule has 0 spiro atoms. The lowest BCUT2D eigenvalue weighted by Crippen LogP contribution is -2.43. The molecule has 0 bridgehead atoms. The zero-order valence-corrected chi connectivity index (χ0v) is 10.5. The minimum atomic E-state index is 0.298. The van der Waals surface area contributed by atoms with Crippen LogP contribution < -0.4 is 5.32 Å². The van der Waals surface area contributed by atoms with E-state index in [4.69, 9.17) is 5.11 Å². The first kappa shape index (κ1) is 12.1. The third-order valence-electron chi connectivity index (χ3n) is 4.27. The van der Waals surface area contributed by atoms with E-state index >= 15 is 0 Å². The number of hydrogen-bond acceptors (Lipinski definition) is 2. The Kier molecular flexibility index (Phi) is 4.04. The molecule has 0 heterocycles. The van der Waals surface area contributed by atoms with Crippen molar-refractivity contribution in [3.63, 3.8) is 0 Å². The van der Waals surface area contributed by atoms with Gasteiger partial charge in [0.15, 0.2) is 0 Å². The van der Waals surface area contributed by atoms with Crippen LogP contribution in [0.15, 0.2) is 12.2 Å². The lowest BCUT2D eigenvalue weighted by atomic mass is 9.79. The molecule has 0 aromatic rings. The predicted molar refractivity (Wildman–Crippen MR) is 67.2 cm³/mol. The second kappa shape index (κ2) is 5.33. The second-order valence-corrected chi connectivity index (χ2v) is 5.84. The fourth-order valence-corrected chi connectivity index (χ4v) is 3.22. The predicted octanol–water partition coefficient (Wildman–Crippen LogP) is 2.34. The van der Waals surface area contributed by atoms with E-state index in [-0.39, 0.29) is 0 Å². The van der Waals surface area contributed by atoms with Gasteiger partial charge in [-0.1, -0.05) is 26.0 Å². The van der Waals surface area contributed by atoms with Crippen LogP contribution in [-0.2, 0) is 0 Å². The molecule has 3 unspecified atom stereocenters. The summed E-state index contributed by atoms with van der Waals surface area (Å²) in [5.74, 6) is 2.08. The van der Waals surface area contributed by atoms with Gasteiger partial charge in [0, 0.05) is 24.6 Å². The molecule has 1 saturated carbocycles. The standard InChI is InChI=1S/C14H25NO/c1-10-3-6-14(11(2)7-10)15-13-5-4-12(8-13)9-16/h4-5,10-16H,3,6-9H2,1-2H3/t10?,11?,12-,13+,14?/m0/s1. The van der Waals surface area contributed by atoms with Crippen molar-refractivity contribution in [1.82, 2.24) is 5.32 Å². The number of aliphatic hydroxyl groups is 1. The fraction of sp³-hybridized carbons (Fsp3) is 0.857. The maximum Gasteiger partial charge on any atom is 0.0494 e. The molecule has 2 N–H and O–H groups in total. The minimum Gasteiger partial charge on any atom is -0.396 e. The molecule has 92 valence electrons. The van der Waals surface area contributed by atoms with Crippen LogP contribution in [0.3, 0.4) is 0 Å². The Balaban J connectivity index is 1.80. The third kappa shape index (κ3) is 2.86. The summed E-state index contributed by atoms with van der Waals surface area (Å²) in [7, 11) is 0. The lowest BCUT2D eigenvalue weighted by Gasteiger charge is -2.35. The number of rotatable bonds is 3. The molecule has 2 heteroatoms. The van der Waals surface area contributed by atoms with Crippen LogP contribution in [-0.4, -0.2) is 23.8 Å². The van der Waals surface area contributed by atoms with Gasteiger partial charge in [-0.25, -0.2) is 0 Å². The molecule has 0 radical (unpaired) electrons. The maximum absolute atomic E-state index is 9.10. The highest BCUT2D eigenvalue weighted by atomic mass is 16.3. The van der Waals surface area contributed by atoms with Gasteiger partial charge in [-0.3, -0.25) is 0 Å². The van der Waals surface area contributed by atoms with Gasteiger partial charge in [0.2, 0.25) is 0 Å². The fourth-order valence-electron chi connectivity index (χ4n) is 3.22. The Bertz CT molecular complexity index is 251. The molecule has 0 aromatic heterocycles. The molecule has 0 amide bonds. The molecule has 0 aliphatic heterocycles. The van der Waals surface area contributed by atoms with Crippen molar-refractivity contribution < 1.29 is 5.11 Å². The number of nitrogens with one attached hydrogen (secondary N) is 1. The van der Waals surface area contributed by atoms with Gasteiger partial charge in [0.25, 0.3) is 0 Å². The van der Waals surface area contributed by atoms with Crippen LogP contribution in [0.25, 0.3) is 0 Å². The zero-order chi connectivity index (χ0) is 11.5. The molecule has 2 aliphatic carbocycles. The van der Waals surface area contributed by atoms with Crippen molar-refractivity contribution in [1.29, 1.82) is 0 Å². The van der Waals surface area contributed by atoms with Crippen LogP contribution in [0, 0.1) is 17.8 Å². The second-order valence-electron chi connectivity index (χ2n) is 5.84. The summed E-state index contributed by atoms with van der Waals surface area (Å²) in [5, 5.41) is 12.9. The van der Waals surface area contributed by atoms with Crippen molar-refractivity contribution in [2.24, 2.45) is 17.8 Å². The Morgan fingerprint density at radius 3 is 2.62 bits per heavy atom. The summed E-state index contributed by atoms with van der Waals surface area (Å²) in [6, 6.07) is 1.18. The molecule has 0 saturated heterocycles. The zero-order valence-electron chi connectivity index (χ0n) is 10.5. The van der Waals surface area contributed by atoms with Gasteiger partial charge in [0.05, 0.1) is 0 Å². The number of aliphatic hydroxyl groups excluding tert-OH is 1. The molecule has 2 nitrogen and oxygen atoms in total. The van der Waals surface area contributed by atoms with Crippen LogP contribution in [0.4, 0.5) is 0 Å². The van der Waals surface area contributed by atoms with Crippen molar-refractivity contribution in [2.75, 3.05) is 6.61 Å². The highest BCUT2D eigenvalue weighted by Crippen LogP contribution is 2.30. The first-order valence-corrected chi connectivity index (χ1v) is 6.74. The maximum atomic E-state index is 9.10. The van der Waals surface area contributed by atoms with Gasteiger partial charge in [-0.05, 0) is 37.5 Å². The molecular weight excluding hydrogens is 198 g/mol. The van der Waals surface area contributed by atoms with Crippen molar-refractivity contribution in [2.45, 2.75) is 51.6 Å². The topological polar surface area (TPSA) is 32.3 Å². The summed E-state index contributed by atoms with van der Waals surface area (Å²) in [4.78, 5) is 0. The third-order valence-corrected chi connectivity index (χ3v) is 4.27. The van der Waals surface area contributed by atoms with Crippen LogP contribution in [0.1, 0.15) is 39.5 Å². The van der Waals surface area contributed by atoms with Crippen molar-refractivity contribution in [3.05, 3.63) is 12.2 Å². The Morgan fingerprint density at radius 1 is 1.19 bits per heavy atom. The van der Waals surface area contributed by atoms with E-state index in [1.807, 2.05) is 0 Å². The average Bonchev–Trinajstić information content (AvgIpc) is 2.70. The van der Waals surface area contributed by atoms with Crippen LogP contribution >= 0.6 is 0 Å². The van der Waals surface area contributed by atoms with Gasteiger partial charge in [0.1, 0.15) is 0 Å². The molecule has 0 aromatic carbocycles. The smallest absolute Gasteiger partial charge is 0.0494 e. The molecule has 5 atom stereocenters. The van der Waals surface area contributed by atoms with Crippen LogP contribution in [0.2, 0.25) is 0 Å². The number of hydrogen-bond donors (Lipinski definition) is 2. The minimum absolute atomic E-state index is 0.298. The molecular formula is C14H25NO. The van der Waals surface area contributed by atoms with Crippen molar-refractivity contribution in [3.8, 4) is 0 Å². The van der Waals surface area contributed by atoms with Crippen LogP contribution in [0.5, 0.6) is 0 Å². The summed E-state index contributed by atoms with van der Waals surface area (Å²) < 4.78 is 0. The molecule has 2 aliphatic rings. The van der Waals surface area contributed by atoms with Gasteiger partial charge in [-0.15, -0.1) is 0 Å². The lowest BCUT2D eigenvalue weighted by molar-refractivity contribution is 0.208. The summed E-state index contributed by atoms with van der Waals surface area (Å²) >= 11 is 0.